The van der Waals surface area contributed by atoms with E-state index in [9.17, 15) is 4.79 Å². The Labute approximate surface area is 134 Å². The van der Waals surface area contributed by atoms with Crippen molar-refractivity contribution in [2.24, 2.45) is 0 Å². The van der Waals surface area contributed by atoms with Gasteiger partial charge in [0.15, 0.2) is 5.78 Å². The molecule has 0 fully saturated rings. The van der Waals surface area contributed by atoms with Gasteiger partial charge in [0.25, 0.3) is 0 Å². The van der Waals surface area contributed by atoms with Crippen LogP contribution >= 0.6 is 22.6 Å². The van der Waals surface area contributed by atoms with Gasteiger partial charge >= 0.3 is 0 Å². The third-order valence-electron chi connectivity index (χ3n) is 3.40. The van der Waals surface area contributed by atoms with Gasteiger partial charge in [0.2, 0.25) is 0 Å². The fraction of sp³-hybridized carbons (Fsp3) is 0.278. The molecule has 0 saturated carbocycles. The van der Waals surface area contributed by atoms with Crippen LogP contribution in [0.3, 0.4) is 0 Å². The molecule has 0 heterocycles. The number of hydrogen-bond acceptors (Lipinski definition) is 1. The maximum absolute atomic E-state index is 12.4. The molecule has 2 rings (SSSR count). The summed E-state index contributed by atoms with van der Waals surface area (Å²) in [6, 6.07) is 15.8. The second-order valence-electron chi connectivity index (χ2n) is 4.96. The van der Waals surface area contributed by atoms with Crippen LogP contribution in [0.15, 0.2) is 48.5 Å². The zero-order valence-electron chi connectivity index (χ0n) is 11.7. The van der Waals surface area contributed by atoms with Gasteiger partial charge in [-0.15, -0.1) is 0 Å². The SMILES string of the molecule is CCCCCc1ccc(C(=O)c2ccccc2I)cc1. The molecule has 0 aliphatic rings. The number of rotatable bonds is 6. The minimum absolute atomic E-state index is 0.107. The number of carbonyl (C=O) groups is 1. The normalized spacial score (nSPS) is 10.5. The molecular formula is C18H19IO. The van der Waals surface area contributed by atoms with Gasteiger partial charge in [0.1, 0.15) is 0 Å². The average Bonchev–Trinajstić information content (AvgIpc) is 2.48. The number of unbranched alkanes of at least 4 members (excludes halogenated alkanes) is 2. The van der Waals surface area contributed by atoms with Crippen molar-refractivity contribution in [2.75, 3.05) is 0 Å². The molecular weight excluding hydrogens is 359 g/mol. The Morgan fingerprint density at radius 1 is 1.00 bits per heavy atom. The summed E-state index contributed by atoms with van der Waals surface area (Å²) in [5, 5.41) is 0. The predicted molar refractivity (Wildman–Crippen MR) is 92.3 cm³/mol. The first-order valence-corrected chi connectivity index (χ1v) is 8.18. The lowest BCUT2D eigenvalue weighted by molar-refractivity contribution is 0.103. The minimum Gasteiger partial charge on any atom is -0.289 e. The molecule has 0 aliphatic carbocycles. The van der Waals surface area contributed by atoms with Crippen molar-refractivity contribution in [1.29, 1.82) is 0 Å². The zero-order valence-corrected chi connectivity index (χ0v) is 13.9. The zero-order chi connectivity index (χ0) is 14.4. The number of aryl methyl sites for hydroxylation is 1. The first-order valence-electron chi connectivity index (χ1n) is 7.10. The lowest BCUT2D eigenvalue weighted by Crippen LogP contribution is -2.03. The molecule has 2 heteroatoms. The highest BCUT2D eigenvalue weighted by atomic mass is 127. The van der Waals surface area contributed by atoms with Gasteiger partial charge in [-0.1, -0.05) is 56.2 Å². The lowest BCUT2D eigenvalue weighted by Gasteiger charge is -2.05. The first kappa shape index (κ1) is 15.2. The summed E-state index contributed by atoms with van der Waals surface area (Å²) in [6.45, 7) is 2.21. The summed E-state index contributed by atoms with van der Waals surface area (Å²) < 4.78 is 1.00. The minimum atomic E-state index is 0.107. The molecule has 104 valence electrons. The van der Waals surface area contributed by atoms with Gasteiger partial charge in [-0.2, -0.15) is 0 Å². The maximum Gasteiger partial charge on any atom is 0.194 e. The Bertz CT molecular complexity index is 572. The van der Waals surface area contributed by atoms with Crippen LogP contribution in [0.2, 0.25) is 0 Å². The number of hydrogen-bond donors (Lipinski definition) is 0. The van der Waals surface area contributed by atoms with Crippen LogP contribution in [0.4, 0.5) is 0 Å². The van der Waals surface area contributed by atoms with Gasteiger partial charge in [-0.25, -0.2) is 0 Å². The maximum atomic E-state index is 12.4. The molecule has 0 aliphatic heterocycles. The van der Waals surface area contributed by atoms with E-state index in [4.69, 9.17) is 0 Å². The molecule has 0 bridgehead atoms. The van der Waals surface area contributed by atoms with Crippen LogP contribution in [0.5, 0.6) is 0 Å². The van der Waals surface area contributed by atoms with Crippen LogP contribution in [0, 0.1) is 3.57 Å². The predicted octanol–water partition coefficient (Wildman–Crippen LogP) is 5.25. The smallest absolute Gasteiger partial charge is 0.194 e. The Kier molecular flexibility index (Phi) is 5.77. The molecule has 0 saturated heterocycles. The van der Waals surface area contributed by atoms with Gasteiger partial charge < -0.3 is 0 Å². The highest BCUT2D eigenvalue weighted by Crippen LogP contribution is 2.17. The van der Waals surface area contributed by atoms with E-state index in [0.717, 1.165) is 21.1 Å². The lowest BCUT2D eigenvalue weighted by atomic mass is 10.0. The summed E-state index contributed by atoms with van der Waals surface area (Å²) in [6.07, 6.45) is 4.83. The van der Waals surface area contributed by atoms with Crippen molar-refractivity contribution in [2.45, 2.75) is 32.6 Å². The molecule has 0 N–H and O–H groups in total. The standard InChI is InChI=1S/C18H19IO/c1-2-3-4-7-14-10-12-15(13-11-14)18(20)16-8-5-6-9-17(16)19/h5-6,8-13H,2-4,7H2,1H3. The van der Waals surface area contributed by atoms with E-state index < -0.39 is 0 Å². The van der Waals surface area contributed by atoms with E-state index in [0.29, 0.717) is 0 Å². The van der Waals surface area contributed by atoms with Gasteiger partial charge in [-0.05, 0) is 53.1 Å². The largest absolute Gasteiger partial charge is 0.289 e. The van der Waals surface area contributed by atoms with Crippen molar-refractivity contribution >= 4 is 28.4 Å². The van der Waals surface area contributed by atoms with Gasteiger partial charge in [-0.3, -0.25) is 4.79 Å². The van der Waals surface area contributed by atoms with Gasteiger partial charge in [0.05, 0.1) is 0 Å². The van der Waals surface area contributed by atoms with E-state index >= 15 is 0 Å². The first-order chi connectivity index (χ1) is 9.72. The topological polar surface area (TPSA) is 17.1 Å². The number of halogens is 1. The van der Waals surface area contributed by atoms with Crippen molar-refractivity contribution in [1.82, 2.24) is 0 Å². The van der Waals surface area contributed by atoms with Crippen molar-refractivity contribution in [3.63, 3.8) is 0 Å². The Morgan fingerprint density at radius 2 is 1.70 bits per heavy atom. The average molecular weight is 378 g/mol. The fourth-order valence-electron chi connectivity index (χ4n) is 2.20. The summed E-state index contributed by atoms with van der Waals surface area (Å²) in [4.78, 5) is 12.4. The number of carbonyl (C=O) groups excluding carboxylic acids is 1. The highest BCUT2D eigenvalue weighted by Gasteiger charge is 2.11. The second kappa shape index (κ2) is 7.58. The van der Waals surface area contributed by atoms with Crippen LogP contribution < -0.4 is 0 Å². The molecule has 20 heavy (non-hydrogen) atoms. The molecule has 0 radical (unpaired) electrons. The molecule has 2 aromatic rings. The third kappa shape index (κ3) is 3.92. The molecule has 0 spiro atoms. The molecule has 2 aromatic carbocycles. The third-order valence-corrected chi connectivity index (χ3v) is 4.34. The van der Waals surface area contributed by atoms with Crippen molar-refractivity contribution < 1.29 is 4.79 Å². The van der Waals surface area contributed by atoms with E-state index in [1.54, 1.807) is 0 Å². The van der Waals surface area contributed by atoms with E-state index in [2.05, 4.69) is 41.6 Å². The Hall–Kier alpha value is -1.16. The van der Waals surface area contributed by atoms with E-state index in [-0.39, 0.29) is 5.78 Å². The number of ketones is 1. The van der Waals surface area contributed by atoms with Crippen molar-refractivity contribution in [3.8, 4) is 0 Å². The quantitative estimate of drug-likeness (QED) is 0.381. The second-order valence-corrected chi connectivity index (χ2v) is 6.13. The summed E-state index contributed by atoms with van der Waals surface area (Å²) >= 11 is 2.21. The molecule has 0 aromatic heterocycles. The Morgan fingerprint density at radius 3 is 2.35 bits per heavy atom. The summed E-state index contributed by atoms with van der Waals surface area (Å²) in [5.74, 6) is 0.107. The van der Waals surface area contributed by atoms with E-state index in [1.807, 2.05) is 36.4 Å². The fourth-order valence-corrected chi connectivity index (χ4v) is 2.84. The number of benzene rings is 2. The Balaban J connectivity index is 2.10. The van der Waals surface area contributed by atoms with Crippen LogP contribution in [-0.4, -0.2) is 5.78 Å². The van der Waals surface area contributed by atoms with Crippen LogP contribution in [-0.2, 0) is 6.42 Å². The monoisotopic (exact) mass is 378 g/mol. The molecule has 0 unspecified atom stereocenters. The summed E-state index contributed by atoms with van der Waals surface area (Å²) in [5.41, 5.74) is 2.87. The van der Waals surface area contributed by atoms with Gasteiger partial charge in [0, 0.05) is 14.7 Å². The molecule has 1 nitrogen and oxygen atoms in total. The molecule has 0 atom stereocenters. The van der Waals surface area contributed by atoms with E-state index in [1.165, 1.54) is 24.8 Å². The van der Waals surface area contributed by atoms with Crippen LogP contribution in [0.1, 0.15) is 47.7 Å². The summed E-state index contributed by atoms with van der Waals surface area (Å²) in [7, 11) is 0. The highest BCUT2D eigenvalue weighted by molar-refractivity contribution is 14.1. The van der Waals surface area contributed by atoms with Crippen LogP contribution in [0.25, 0.3) is 0 Å². The van der Waals surface area contributed by atoms with Crippen molar-refractivity contribution in [3.05, 3.63) is 68.8 Å². The molecule has 0 amide bonds.